The van der Waals surface area contributed by atoms with Crippen molar-refractivity contribution in [2.24, 2.45) is 0 Å². The highest BCUT2D eigenvalue weighted by Crippen LogP contribution is 2.23. The highest BCUT2D eigenvalue weighted by molar-refractivity contribution is 5.93. The zero-order valence-corrected chi connectivity index (χ0v) is 17.9. The number of ether oxygens (including phenoxy) is 1. The summed E-state index contributed by atoms with van der Waals surface area (Å²) >= 11 is 0. The van der Waals surface area contributed by atoms with Crippen LogP contribution >= 0.6 is 0 Å². The first-order valence-corrected chi connectivity index (χ1v) is 10.4. The summed E-state index contributed by atoms with van der Waals surface area (Å²) in [6.45, 7) is 0.137. The second-order valence-electron chi connectivity index (χ2n) is 7.15. The molecule has 9 heteroatoms. The fourth-order valence-electron chi connectivity index (χ4n) is 3.17. The van der Waals surface area contributed by atoms with Gasteiger partial charge in [-0.1, -0.05) is 41.9 Å². The second kappa shape index (κ2) is 11.6. The number of hydrogen-bond donors (Lipinski definition) is 2. The van der Waals surface area contributed by atoms with Crippen molar-refractivity contribution in [3.05, 3.63) is 60.5 Å². The van der Waals surface area contributed by atoms with E-state index in [-0.39, 0.29) is 18.9 Å². The SMILES string of the molecule is COc1ccc(N(Cc2nc(-c3ccccc3)no2)C(=O)CCCCCC(=O)NO)cc1. The largest absolute Gasteiger partial charge is 0.497 e. The predicted octanol–water partition coefficient (Wildman–Crippen LogP) is 3.73. The summed E-state index contributed by atoms with van der Waals surface area (Å²) in [4.78, 5) is 30.1. The van der Waals surface area contributed by atoms with Crippen molar-refractivity contribution in [2.75, 3.05) is 12.0 Å². The summed E-state index contributed by atoms with van der Waals surface area (Å²) < 4.78 is 10.6. The van der Waals surface area contributed by atoms with E-state index in [0.717, 1.165) is 5.56 Å². The third-order valence-electron chi connectivity index (χ3n) is 4.90. The van der Waals surface area contributed by atoms with Crippen molar-refractivity contribution in [3.8, 4) is 17.1 Å². The van der Waals surface area contributed by atoms with Gasteiger partial charge in [-0.2, -0.15) is 4.98 Å². The minimum absolute atomic E-state index is 0.0961. The molecule has 0 saturated heterocycles. The molecule has 0 aliphatic heterocycles. The monoisotopic (exact) mass is 438 g/mol. The van der Waals surface area contributed by atoms with Crippen LogP contribution < -0.4 is 15.1 Å². The van der Waals surface area contributed by atoms with Crippen LogP contribution in [0.15, 0.2) is 59.1 Å². The number of unbranched alkanes of at least 4 members (excludes halogenated alkanes) is 2. The third-order valence-corrected chi connectivity index (χ3v) is 4.90. The Labute approximate surface area is 186 Å². The summed E-state index contributed by atoms with van der Waals surface area (Å²) in [6.07, 6.45) is 2.41. The fourth-order valence-corrected chi connectivity index (χ4v) is 3.17. The van der Waals surface area contributed by atoms with E-state index in [2.05, 4.69) is 10.1 Å². The number of methoxy groups -OCH3 is 1. The summed E-state index contributed by atoms with van der Waals surface area (Å²) in [5.74, 6) is 0.952. The maximum Gasteiger partial charge on any atom is 0.247 e. The molecule has 0 aliphatic carbocycles. The molecule has 32 heavy (non-hydrogen) atoms. The Morgan fingerprint density at radius 3 is 2.44 bits per heavy atom. The number of hydrogen-bond acceptors (Lipinski definition) is 7. The van der Waals surface area contributed by atoms with Crippen LogP contribution in [0.5, 0.6) is 5.75 Å². The van der Waals surface area contributed by atoms with E-state index in [9.17, 15) is 9.59 Å². The van der Waals surface area contributed by atoms with E-state index >= 15 is 0 Å². The van der Waals surface area contributed by atoms with Crippen LogP contribution in [0, 0.1) is 0 Å². The molecule has 0 atom stereocenters. The number of aromatic nitrogens is 2. The van der Waals surface area contributed by atoms with Crippen molar-refractivity contribution >= 4 is 17.5 Å². The van der Waals surface area contributed by atoms with Gasteiger partial charge in [-0.3, -0.25) is 14.8 Å². The zero-order chi connectivity index (χ0) is 22.8. The standard InChI is InChI=1S/C23H26N4O5/c1-31-19-14-12-18(13-15-19)27(22(29)11-7-3-6-10-20(28)25-30)16-21-24-23(26-32-21)17-8-4-2-5-9-17/h2,4-5,8-9,12-15,30H,3,6-7,10-11,16H2,1H3,(H,25,28). The first-order valence-electron chi connectivity index (χ1n) is 10.4. The summed E-state index contributed by atoms with van der Waals surface area (Å²) in [5, 5.41) is 12.6. The molecular formula is C23H26N4O5. The lowest BCUT2D eigenvalue weighted by molar-refractivity contribution is -0.129. The van der Waals surface area contributed by atoms with Gasteiger partial charge in [-0.25, -0.2) is 5.48 Å². The van der Waals surface area contributed by atoms with Crippen LogP contribution in [0.3, 0.4) is 0 Å². The Bertz CT molecular complexity index is 1000. The highest BCUT2D eigenvalue weighted by Gasteiger charge is 2.20. The minimum Gasteiger partial charge on any atom is -0.497 e. The molecule has 168 valence electrons. The van der Waals surface area contributed by atoms with Crippen molar-refractivity contribution < 1.29 is 24.1 Å². The second-order valence-corrected chi connectivity index (χ2v) is 7.15. The number of nitrogens with zero attached hydrogens (tertiary/aromatic N) is 3. The molecule has 0 radical (unpaired) electrons. The number of nitrogens with one attached hydrogen (secondary N) is 1. The molecule has 0 fully saturated rings. The number of benzene rings is 2. The lowest BCUT2D eigenvalue weighted by Crippen LogP contribution is -2.30. The maximum atomic E-state index is 13.0. The van der Waals surface area contributed by atoms with E-state index in [1.54, 1.807) is 41.8 Å². The van der Waals surface area contributed by atoms with Crippen LogP contribution in [-0.4, -0.2) is 34.3 Å². The number of amides is 2. The molecule has 2 N–H and O–H groups in total. The smallest absolute Gasteiger partial charge is 0.247 e. The number of carbonyl (C=O) groups excluding carboxylic acids is 2. The van der Waals surface area contributed by atoms with Gasteiger partial charge in [-0.05, 0) is 37.1 Å². The van der Waals surface area contributed by atoms with Gasteiger partial charge >= 0.3 is 0 Å². The van der Waals surface area contributed by atoms with Gasteiger partial charge in [0.05, 0.1) is 7.11 Å². The Balaban J connectivity index is 1.69. The average molecular weight is 438 g/mol. The van der Waals surface area contributed by atoms with Gasteiger partial charge in [0.1, 0.15) is 12.3 Å². The van der Waals surface area contributed by atoms with Gasteiger partial charge in [0, 0.05) is 24.1 Å². The van der Waals surface area contributed by atoms with Crippen LogP contribution in [0.25, 0.3) is 11.4 Å². The molecule has 2 aromatic carbocycles. The van der Waals surface area contributed by atoms with Gasteiger partial charge in [-0.15, -0.1) is 0 Å². The summed E-state index contributed by atoms with van der Waals surface area (Å²) in [6, 6.07) is 16.6. The Hall–Kier alpha value is -3.72. The summed E-state index contributed by atoms with van der Waals surface area (Å²) in [7, 11) is 1.58. The third kappa shape index (κ3) is 6.39. The number of anilines is 1. The quantitative estimate of drug-likeness (QED) is 0.266. The van der Waals surface area contributed by atoms with Crippen molar-refractivity contribution in [1.29, 1.82) is 0 Å². The average Bonchev–Trinajstić information content (AvgIpc) is 3.31. The van der Waals surface area contributed by atoms with Crippen LogP contribution in [0.2, 0.25) is 0 Å². The Morgan fingerprint density at radius 1 is 1.03 bits per heavy atom. The van der Waals surface area contributed by atoms with Crippen LogP contribution in [0.1, 0.15) is 38.0 Å². The molecule has 0 spiro atoms. The zero-order valence-electron chi connectivity index (χ0n) is 17.9. The van der Waals surface area contributed by atoms with Crippen molar-refractivity contribution in [1.82, 2.24) is 15.6 Å². The minimum atomic E-state index is -0.429. The lowest BCUT2D eigenvalue weighted by atomic mass is 10.1. The van der Waals surface area contributed by atoms with Gasteiger partial charge in [0.15, 0.2) is 0 Å². The molecule has 1 aromatic heterocycles. The number of hydroxylamine groups is 1. The molecule has 0 unspecified atom stereocenters. The lowest BCUT2D eigenvalue weighted by Gasteiger charge is -2.21. The maximum absolute atomic E-state index is 13.0. The number of rotatable bonds is 11. The van der Waals surface area contributed by atoms with Gasteiger partial charge in [0.2, 0.25) is 23.5 Å². The number of carbonyl (C=O) groups is 2. The van der Waals surface area contributed by atoms with E-state index in [1.807, 2.05) is 30.3 Å². The van der Waals surface area contributed by atoms with Crippen molar-refractivity contribution in [2.45, 2.75) is 38.6 Å². The molecule has 0 saturated carbocycles. The fraction of sp³-hybridized carbons (Fsp3) is 0.304. The molecule has 0 bridgehead atoms. The molecule has 3 aromatic rings. The van der Waals surface area contributed by atoms with Gasteiger partial charge in [0.25, 0.3) is 0 Å². The Kier molecular flexibility index (Phi) is 8.33. The topological polar surface area (TPSA) is 118 Å². The molecule has 0 aliphatic rings. The molecule has 2 amide bonds. The van der Waals surface area contributed by atoms with Gasteiger partial charge < -0.3 is 14.2 Å². The predicted molar refractivity (Wildman–Crippen MR) is 117 cm³/mol. The Morgan fingerprint density at radius 2 is 1.75 bits per heavy atom. The van der Waals surface area contributed by atoms with E-state index in [1.165, 1.54) is 0 Å². The van der Waals surface area contributed by atoms with Crippen LogP contribution in [0.4, 0.5) is 5.69 Å². The van der Waals surface area contributed by atoms with Crippen molar-refractivity contribution in [3.63, 3.8) is 0 Å². The molecule has 9 nitrogen and oxygen atoms in total. The molecule has 1 heterocycles. The first-order chi connectivity index (χ1) is 15.6. The summed E-state index contributed by atoms with van der Waals surface area (Å²) in [5.41, 5.74) is 3.13. The first kappa shape index (κ1) is 23.0. The highest BCUT2D eigenvalue weighted by atomic mass is 16.5. The van der Waals surface area contributed by atoms with E-state index in [0.29, 0.717) is 48.8 Å². The van der Waals surface area contributed by atoms with E-state index < -0.39 is 5.91 Å². The normalized spacial score (nSPS) is 10.6. The molecule has 3 rings (SSSR count). The van der Waals surface area contributed by atoms with E-state index in [4.69, 9.17) is 14.5 Å². The molecular weight excluding hydrogens is 412 g/mol. The van der Waals surface area contributed by atoms with Crippen LogP contribution in [-0.2, 0) is 16.1 Å².